The van der Waals surface area contributed by atoms with Gasteiger partial charge in [-0.1, -0.05) is 18.2 Å². The molecule has 0 bridgehead atoms. The van der Waals surface area contributed by atoms with E-state index in [0.29, 0.717) is 0 Å². The highest BCUT2D eigenvalue weighted by Crippen LogP contribution is 2.31. The third-order valence-corrected chi connectivity index (χ3v) is 4.82. The van der Waals surface area contributed by atoms with Crippen LogP contribution in [0, 0.1) is 6.07 Å². The second-order valence-electron chi connectivity index (χ2n) is 6.17. The van der Waals surface area contributed by atoms with Gasteiger partial charge in [0.05, 0.1) is 12.2 Å². The zero-order valence-corrected chi connectivity index (χ0v) is 14.2. The average molecular weight is 321 g/mol. The van der Waals surface area contributed by atoms with Crippen molar-refractivity contribution in [3.63, 3.8) is 0 Å². The minimum atomic E-state index is -0.463. The Bertz CT molecular complexity index is 495. The van der Waals surface area contributed by atoms with E-state index in [2.05, 4.69) is 12.1 Å². The Morgan fingerprint density at radius 2 is 1.70 bits per heavy atom. The Morgan fingerprint density at radius 1 is 1.00 bits per heavy atom. The molecule has 5 nitrogen and oxygen atoms in total. The molecule has 1 saturated heterocycles. The normalized spacial score (nSPS) is 34.5. The van der Waals surface area contributed by atoms with Gasteiger partial charge in [0.2, 0.25) is 0 Å². The number of ether oxygens (including phenoxy) is 5. The topological polar surface area (TPSA) is 46.2 Å². The van der Waals surface area contributed by atoms with Gasteiger partial charge < -0.3 is 23.7 Å². The predicted octanol–water partition coefficient (Wildman–Crippen LogP) is 1.76. The minimum absolute atomic E-state index is 0.0900. The van der Waals surface area contributed by atoms with E-state index in [9.17, 15) is 0 Å². The fourth-order valence-corrected chi connectivity index (χ4v) is 3.66. The molecule has 1 radical (unpaired) electrons. The van der Waals surface area contributed by atoms with Gasteiger partial charge in [0.1, 0.15) is 18.3 Å². The number of fused-ring (bicyclic) bond motifs is 1. The third kappa shape index (κ3) is 3.30. The molecule has 1 aromatic carbocycles. The van der Waals surface area contributed by atoms with Gasteiger partial charge in [-0.2, -0.15) is 0 Å². The van der Waals surface area contributed by atoms with Crippen molar-refractivity contribution in [2.75, 3.05) is 21.3 Å². The zero-order chi connectivity index (χ0) is 16.4. The summed E-state index contributed by atoms with van der Waals surface area (Å²) in [6.45, 7) is 1.97. The van der Waals surface area contributed by atoms with E-state index in [-0.39, 0.29) is 30.5 Å². The van der Waals surface area contributed by atoms with Crippen LogP contribution in [0.1, 0.15) is 18.1 Å². The fraction of sp³-hybridized carbons (Fsp3) is 0.667. The van der Waals surface area contributed by atoms with E-state index in [1.54, 1.807) is 21.3 Å². The largest absolute Gasteiger partial charge is 0.376 e. The maximum absolute atomic E-state index is 6.24. The summed E-state index contributed by atoms with van der Waals surface area (Å²) in [7, 11) is 4.98. The minimum Gasteiger partial charge on any atom is -0.376 e. The lowest BCUT2D eigenvalue weighted by Gasteiger charge is -2.44. The van der Waals surface area contributed by atoms with Gasteiger partial charge >= 0.3 is 0 Å². The highest BCUT2D eigenvalue weighted by Gasteiger charge is 2.47. The van der Waals surface area contributed by atoms with Crippen molar-refractivity contribution in [2.24, 2.45) is 0 Å². The van der Waals surface area contributed by atoms with E-state index in [4.69, 9.17) is 23.7 Å². The Balaban J connectivity index is 1.70. The maximum Gasteiger partial charge on any atom is 0.187 e. The van der Waals surface area contributed by atoms with Gasteiger partial charge in [-0.3, -0.25) is 0 Å². The number of benzene rings is 1. The summed E-state index contributed by atoms with van der Waals surface area (Å²) < 4.78 is 29.0. The first kappa shape index (κ1) is 16.9. The van der Waals surface area contributed by atoms with Gasteiger partial charge in [0.15, 0.2) is 6.29 Å². The summed E-state index contributed by atoms with van der Waals surface area (Å²) in [4.78, 5) is 0. The molecule has 0 aromatic heterocycles. The number of hydrogen-bond acceptors (Lipinski definition) is 5. The highest BCUT2D eigenvalue weighted by molar-refractivity contribution is 5.32. The van der Waals surface area contributed by atoms with Gasteiger partial charge in [0, 0.05) is 21.3 Å². The van der Waals surface area contributed by atoms with Crippen LogP contribution in [0.15, 0.2) is 18.2 Å². The molecular formula is C18H25O5. The molecule has 6 unspecified atom stereocenters. The first-order valence-corrected chi connectivity index (χ1v) is 8.05. The summed E-state index contributed by atoms with van der Waals surface area (Å²) in [6.07, 6.45) is 0.538. The first-order chi connectivity index (χ1) is 11.2. The smallest absolute Gasteiger partial charge is 0.187 e. The SMILES string of the molecule is COC1C(C)OC(OC2Cc3c[c]ccc3C2)C(OC)C1OC. The third-order valence-electron chi connectivity index (χ3n) is 4.82. The van der Waals surface area contributed by atoms with Gasteiger partial charge in [-0.05, 0) is 37.0 Å². The molecule has 1 aliphatic carbocycles. The fourth-order valence-electron chi connectivity index (χ4n) is 3.66. The molecule has 0 saturated carbocycles. The summed E-state index contributed by atoms with van der Waals surface area (Å²) in [5.41, 5.74) is 2.62. The standard InChI is InChI=1S/C18H25O5/c1-11-15(19-2)16(20-3)17(21-4)18(22-11)23-14-9-12-7-5-6-8-13(12)10-14/h5,7-8,11,14-18H,9-10H2,1-4H3. The van der Waals surface area contributed by atoms with E-state index in [0.717, 1.165) is 12.8 Å². The van der Waals surface area contributed by atoms with Crippen molar-refractivity contribution >= 4 is 0 Å². The quantitative estimate of drug-likeness (QED) is 0.827. The van der Waals surface area contributed by atoms with Crippen LogP contribution in [0.5, 0.6) is 0 Å². The lowest BCUT2D eigenvalue weighted by Crippen LogP contribution is -2.59. The summed E-state index contributed by atoms with van der Waals surface area (Å²) in [5, 5.41) is 0. The molecular weight excluding hydrogens is 296 g/mol. The molecule has 3 rings (SSSR count). The molecule has 0 N–H and O–H groups in total. The lowest BCUT2D eigenvalue weighted by atomic mass is 9.99. The van der Waals surface area contributed by atoms with Crippen LogP contribution < -0.4 is 0 Å². The van der Waals surface area contributed by atoms with Gasteiger partial charge in [-0.15, -0.1) is 0 Å². The predicted molar refractivity (Wildman–Crippen MR) is 84.3 cm³/mol. The average Bonchev–Trinajstić information content (AvgIpc) is 2.96. The molecule has 1 heterocycles. The zero-order valence-electron chi connectivity index (χ0n) is 14.2. The lowest BCUT2D eigenvalue weighted by molar-refractivity contribution is -0.314. The van der Waals surface area contributed by atoms with E-state index in [1.165, 1.54) is 11.1 Å². The van der Waals surface area contributed by atoms with Crippen molar-refractivity contribution in [2.45, 2.75) is 56.6 Å². The number of methoxy groups -OCH3 is 3. The monoisotopic (exact) mass is 321 g/mol. The molecule has 23 heavy (non-hydrogen) atoms. The van der Waals surface area contributed by atoms with Gasteiger partial charge in [-0.25, -0.2) is 0 Å². The van der Waals surface area contributed by atoms with Crippen LogP contribution >= 0.6 is 0 Å². The molecule has 6 atom stereocenters. The second-order valence-corrected chi connectivity index (χ2v) is 6.17. The van der Waals surface area contributed by atoms with Crippen LogP contribution in [0.2, 0.25) is 0 Å². The molecule has 5 heteroatoms. The molecule has 2 aliphatic rings. The molecule has 1 fully saturated rings. The Labute approximate surface area is 137 Å². The summed E-state index contributed by atoms with van der Waals surface area (Å²) in [6, 6.07) is 9.22. The van der Waals surface area contributed by atoms with Crippen molar-refractivity contribution in [3.8, 4) is 0 Å². The van der Waals surface area contributed by atoms with Crippen LogP contribution in [0.3, 0.4) is 0 Å². The van der Waals surface area contributed by atoms with Crippen molar-refractivity contribution < 1.29 is 23.7 Å². The van der Waals surface area contributed by atoms with Crippen molar-refractivity contribution in [1.29, 1.82) is 0 Å². The molecule has 127 valence electrons. The first-order valence-electron chi connectivity index (χ1n) is 8.05. The molecule has 1 aliphatic heterocycles. The van der Waals surface area contributed by atoms with Crippen LogP contribution in [0.4, 0.5) is 0 Å². The van der Waals surface area contributed by atoms with Crippen LogP contribution in [-0.4, -0.2) is 58.1 Å². The maximum atomic E-state index is 6.24. The van der Waals surface area contributed by atoms with Crippen molar-refractivity contribution in [1.82, 2.24) is 0 Å². The number of hydrogen-bond donors (Lipinski definition) is 0. The second kappa shape index (κ2) is 7.28. The van der Waals surface area contributed by atoms with E-state index < -0.39 is 6.29 Å². The van der Waals surface area contributed by atoms with E-state index in [1.807, 2.05) is 19.1 Å². The van der Waals surface area contributed by atoms with Gasteiger partial charge in [0.25, 0.3) is 0 Å². The summed E-state index contributed by atoms with van der Waals surface area (Å²) in [5.74, 6) is 0. The Hall–Kier alpha value is -0.980. The number of rotatable bonds is 5. The van der Waals surface area contributed by atoms with Crippen molar-refractivity contribution in [3.05, 3.63) is 35.4 Å². The molecule has 0 amide bonds. The highest BCUT2D eigenvalue weighted by atomic mass is 16.7. The summed E-state index contributed by atoms with van der Waals surface area (Å²) >= 11 is 0. The molecule has 1 aromatic rings. The van der Waals surface area contributed by atoms with Crippen LogP contribution in [0.25, 0.3) is 0 Å². The Kier molecular flexibility index (Phi) is 5.34. The van der Waals surface area contributed by atoms with Crippen LogP contribution in [-0.2, 0) is 36.5 Å². The molecule has 0 spiro atoms. The van der Waals surface area contributed by atoms with E-state index >= 15 is 0 Å². The Morgan fingerprint density at radius 3 is 2.35 bits per heavy atom.